The molecular weight excluding hydrogens is 344 g/mol. The Morgan fingerprint density at radius 2 is 2.00 bits per heavy atom. The van der Waals surface area contributed by atoms with Crippen molar-refractivity contribution in [3.63, 3.8) is 0 Å². The van der Waals surface area contributed by atoms with Gasteiger partial charge in [0.1, 0.15) is 0 Å². The number of carbonyl (C=O) groups is 1. The Morgan fingerprint density at radius 1 is 1.23 bits per heavy atom. The minimum Gasteiger partial charge on any atom is -0.379 e. The average Bonchev–Trinajstić information content (AvgIpc) is 3.21. The van der Waals surface area contributed by atoms with E-state index in [-0.39, 0.29) is 11.9 Å². The Labute approximate surface area is 160 Å². The molecule has 1 aliphatic heterocycles. The number of morpholine rings is 1. The number of nitrogens with one attached hydrogen (secondary N) is 1. The summed E-state index contributed by atoms with van der Waals surface area (Å²) in [5, 5.41) is 5.21. The summed E-state index contributed by atoms with van der Waals surface area (Å²) in [6.07, 6.45) is 2.41. The van der Waals surface area contributed by atoms with Crippen LogP contribution in [0.2, 0.25) is 0 Å². The van der Waals surface area contributed by atoms with Crippen molar-refractivity contribution in [3.05, 3.63) is 57.8 Å². The molecule has 0 aliphatic carbocycles. The lowest BCUT2D eigenvalue weighted by atomic mass is 10.0. The Hall–Kier alpha value is -1.69. The van der Waals surface area contributed by atoms with Gasteiger partial charge in [-0.3, -0.25) is 9.69 Å². The van der Waals surface area contributed by atoms with Crippen LogP contribution in [0.5, 0.6) is 0 Å². The predicted octanol–water partition coefficient (Wildman–Crippen LogP) is 3.43. The molecule has 140 valence electrons. The highest BCUT2D eigenvalue weighted by molar-refractivity contribution is 7.09. The molecule has 3 rings (SSSR count). The van der Waals surface area contributed by atoms with Crippen molar-refractivity contribution in [1.29, 1.82) is 0 Å². The lowest BCUT2D eigenvalue weighted by molar-refractivity contribution is -0.121. The van der Waals surface area contributed by atoms with Gasteiger partial charge < -0.3 is 10.1 Å². The van der Waals surface area contributed by atoms with Gasteiger partial charge in [0.05, 0.1) is 19.3 Å². The van der Waals surface area contributed by atoms with Crippen LogP contribution in [-0.4, -0.2) is 43.7 Å². The Balaban J connectivity index is 1.59. The van der Waals surface area contributed by atoms with E-state index in [0.717, 1.165) is 39.1 Å². The summed E-state index contributed by atoms with van der Waals surface area (Å²) in [5.74, 6) is 0.127. The van der Waals surface area contributed by atoms with Crippen LogP contribution in [0.15, 0.2) is 41.8 Å². The molecule has 0 saturated carbocycles. The second kappa shape index (κ2) is 9.86. The third-order valence-electron chi connectivity index (χ3n) is 4.93. The first-order valence-corrected chi connectivity index (χ1v) is 10.3. The van der Waals surface area contributed by atoms with E-state index in [9.17, 15) is 4.79 Å². The predicted molar refractivity (Wildman–Crippen MR) is 107 cm³/mol. The summed E-state index contributed by atoms with van der Waals surface area (Å²) >= 11 is 1.71. The number of carbonyl (C=O) groups excluding carboxylic acids is 1. The van der Waals surface area contributed by atoms with E-state index in [1.54, 1.807) is 11.3 Å². The van der Waals surface area contributed by atoms with Crippen molar-refractivity contribution in [1.82, 2.24) is 10.2 Å². The van der Waals surface area contributed by atoms with Crippen molar-refractivity contribution < 1.29 is 9.53 Å². The molecule has 1 fully saturated rings. The third-order valence-corrected chi connectivity index (χ3v) is 5.87. The van der Waals surface area contributed by atoms with Crippen LogP contribution in [0.25, 0.3) is 0 Å². The number of rotatable bonds is 8. The van der Waals surface area contributed by atoms with E-state index < -0.39 is 0 Å². The van der Waals surface area contributed by atoms with Crippen molar-refractivity contribution in [2.45, 2.75) is 32.2 Å². The van der Waals surface area contributed by atoms with Crippen LogP contribution in [0.1, 0.15) is 35.4 Å². The van der Waals surface area contributed by atoms with Crippen LogP contribution in [0.4, 0.5) is 0 Å². The van der Waals surface area contributed by atoms with Crippen molar-refractivity contribution in [2.75, 3.05) is 32.8 Å². The highest BCUT2D eigenvalue weighted by Gasteiger charge is 2.23. The second-order valence-corrected chi connectivity index (χ2v) is 7.67. The quantitative estimate of drug-likeness (QED) is 0.772. The van der Waals surface area contributed by atoms with Gasteiger partial charge in [0.2, 0.25) is 5.91 Å². The molecule has 1 amide bonds. The van der Waals surface area contributed by atoms with Crippen molar-refractivity contribution >= 4 is 17.2 Å². The zero-order valence-corrected chi connectivity index (χ0v) is 16.3. The Kier molecular flexibility index (Phi) is 7.23. The van der Waals surface area contributed by atoms with Crippen LogP contribution >= 0.6 is 11.3 Å². The highest BCUT2D eigenvalue weighted by atomic mass is 32.1. The van der Waals surface area contributed by atoms with E-state index in [2.05, 4.69) is 52.9 Å². The highest BCUT2D eigenvalue weighted by Crippen LogP contribution is 2.22. The zero-order chi connectivity index (χ0) is 18.2. The molecule has 2 aromatic rings. The second-order valence-electron chi connectivity index (χ2n) is 6.64. The molecule has 0 bridgehead atoms. The van der Waals surface area contributed by atoms with E-state index in [4.69, 9.17) is 4.74 Å². The van der Waals surface area contributed by atoms with Crippen LogP contribution in [0, 0.1) is 0 Å². The van der Waals surface area contributed by atoms with E-state index in [0.29, 0.717) is 13.0 Å². The number of benzene rings is 1. The number of thiophene rings is 1. The number of aryl methyl sites for hydroxylation is 2. The zero-order valence-electron chi connectivity index (χ0n) is 15.4. The first-order valence-electron chi connectivity index (χ1n) is 9.46. The minimum atomic E-state index is 0.127. The van der Waals surface area contributed by atoms with Gasteiger partial charge in [-0.05, 0) is 35.4 Å². The van der Waals surface area contributed by atoms with E-state index >= 15 is 0 Å². The smallest absolute Gasteiger partial charge is 0.220 e. The van der Waals surface area contributed by atoms with E-state index in [1.807, 2.05) is 6.07 Å². The Morgan fingerprint density at radius 3 is 2.65 bits per heavy atom. The molecule has 1 aliphatic rings. The van der Waals surface area contributed by atoms with Crippen molar-refractivity contribution in [2.24, 2.45) is 0 Å². The van der Waals surface area contributed by atoms with E-state index in [1.165, 1.54) is 16.0 Å². The number of nitrogens with zero attached hydrogens (tertiary/aromatic N) is 1. The molecule has 26 heavy (non-hydrogen) atoms. The number of amides is 1. The molecule has 1 atom stereocenters. The largest absolute Gasteiger partial charge is 0.379 e. The molecule has 1 aromatic heterocycles. The summed E-state index contributed by atoms with van der Waals surface area (Å²) < 4.78 is 5.50. The maximum absolute atomic E-state index is 12.3. The number of hydrogen-bond donors (Lipinski definition) is 1. The molecule has 5 heteroatoms. The summed E-state index contributed by atoms with van der Waals surface area (Å²) in [6.45, 7) is 6.15. The first kappa shape index (κ1) is 19.1. The summed E-state index contributed by atoms with van der Waals surface area (Å²) in [6, 6.07) is 13.1. The molecule has 1 saturated heterocycles. The van der Waals surface area contributed by atoms with Crippen LogP contribution in [0.3, 0.4) is 0 Å². The van der Waals surface area contributed by atoms with Gasteiger partial charge in [0.15, 0.2) is 0 Å². The molecule has 4 nitrogen and oxygen atoms in total. The van der Waals surface area contributed by atoms with Crippen LogP contribution < -0.4 is 5.32 Å². The Bertz CT molecular complexity index is 664. The molecule has 2 heterocycles. The fourth-order valence-electron chi connectivity index (χ4n) is 3.31. The first-order chi connectivity index (χ1) is 12.8. The standard InChI is InChI=1S/C21H28N2O2S/c1-2-17-5-7-18(8-6-17)20(23-11-13-25-14-12-23)16-22-21(24)10-9-19-4-3-15-26-19/h3-8,15,20H,2,9-14,16H2,1H3,(H,22,24). The van der Waals surface area contributed by atoms with Crippen molar-refractivity contribution in [3.8, 4) is 0 Å². The van der Waals surface area contributed by atoms with Gasteiger partial charge in [-0.15, -0.1) is 11.3 Å². The summed E-state index contributed by atoms with van der Waals surface area (Å²) in [5.41, 5.74) is 2.61. The third kappa shape index (κ3) is 5.40. The van der Waals surface area contributed by atoms with Gasteiger partial charge in [-0.25, -0.2) is 0 Å². The molecule has 0 radical (unpaired) electrons. The molecule has 1 N–H and O–H groups in total. The molecular formula is C21H28N2O2S. The molecule has 1 unspecified atom stereocenters. The lowest BCUT2D eigenvalue weighted by Gasteiger charge is -2.35. The monoisotopic (exact) mass is 372 g/mol. The average molecular weight is 373 g/mol. The number of hydrogen-bond acceptors (Lipinski definition) is 4. The SMILES string of the molecule is CCc1ccc(C(CNC(=O)CCc2cccs2)N2CCOCC2)cc1. The van der Waals surface area contributed by atoms with Crippen LogP contribution in [-0.2, 0) is 22.4 Å². The number of ether oxygens (including phenoxy) is 1. The maximum atomic E-state index is 12.3. The topological polar surface area (TPSA) is 41.6 Å². The lowest BCUT2D eigenvalue weighted by Crippen LogP contribution is -2.43. The summed E-state index contributed by atoms with van der Waals surface area (Å²) in [4.78, 5) is 16.0. The van der Waals surface area contributed by atoms with Gasteiger partial charge in [-0.2, -0.15) is 0 Å². The molecule has 1 aromatic carbocycles. The fraction of sp³-hybridized carbons (Fsp3) is 0.476. The van der Waals surface area contributed by atoms with Gasteiger partial charge >= 0.3 is 0 Å². The minimum absolute atomic E-state index is 0.127. The van der Waals surface area contributed by atoms with Gasteiger partial charge in [0.25, 0.3) is 0 Å². The fourth-order valence-corrected chi connectivity index (χ4v) is 4.02. The molecule has 0 spiro atoms. The summed E-state index contributed by atoms with van der Waals surface area (Å²) in [7, 11) is 0. The van der Waals surface area contributed by atoms with Gasteiger partial charge in [-0.1, -0.05) is 37.3 Å². The normalized spacial score (nSPS) is 16.3. The maximum Gasteiger partial charge on any atom is 0.220 e. The van der Waals surface area contributed by atoms with Gasteiger partial charge in [0, 0.05) is 30.9 Å².